The van der Waals surface area contributed by atoms with Crippen molar-refractivity contribution in [2.45, 2.75) is 63.7 Å². The van der Waals surface area contributed by atoms with Crippen LogP contribution in [0.5, 0.6) is 0 Å². The number of unbranched alkanes of at least 4 members (excludes halogenated alkanes) is 1. The lowest BCUT2D eigenvalue weighted by molar-refractivity contribution is 0.268. The van der Waals surface area contributed by atoms with E-state index < -0.39 is 10.0 Å². The van der Waals surface area contributed by atoms with Crippen LogP contribution in [0.15, 0.2) is 54.0 Å². The zero-order valence-corrected chi connectivity index (χ0v) is 21.9. The van der Waals surface area contributed by atoms with E-state index in [1.54, 1.807) is 36.9 Å². The van der Waals surface area contributed by atoms with Crippen LogP contribution >= 0.6 is 0 Å². The zero-order valence-electron chi connectivity index (χ0n) is 21.0. The fourth-order valence-corrected chi connectivity index (χ4v) is 5.61. The highest BCUT2D eigenvalue weighted by Crippen LogP contribution is 2.19. The first-order valence-corrected chi connectivity index (χ1v) is 14.1. The summed E-state index contributed by atoms with van der Waals surface area (Å²) in [6.45, 7) is 10.1. The minimum absolute atomic E-state index is 0.173. The Morgan fingerprint density at radius 2 is 1.71 bits per heavy atom. The third kappa shape index (κ3) is 8.64. The molecule has 35 heavy (non-hydrogen) atoms. The molecule has 4 N–H and O–H groups in total. The van der Waals surface area contributed by atoms with Gasteiger partial charge in [0.25, 0.3) is 0 Å². The highest BCUT2D eigenvalue weighted by atomic mass is 32.2. The van der Waals surface area contributed by atoms with Crippen LogP contribution in [0.25, 0.3) is 0 Å². The topological polar surface area (TPSA) is 105 Å². The molecule has 1 aromatic heterocycles. The molecule has 2 heterocycles. The Bertz CT molecular complexity index is 964. The summed E-state index contributed by atoms with van der Waals surface area (Å²) in [5.41, 5.74) is 1.07. The number of rotatable bonds is 17. The van der Waals surface area contributed by atoms with Gasteiger partial charge in [-0.05, 0) is 69.6 Å². The van der Waals surface area contributed by atoms with E-state index in [0.29, 0.717) is 5.82 Å². The summed E-state index contributed by atoms with van der Waals surface area (Å²) in [4.78, 5) is 10.0. The summed E-state index contributed by atoms with van der Waals surface area (Å²) in [6.07, 6.45) is 11.4. The minimum Gasteiger partial charge on any atom is -0.369 e. The van der Waals surface area contributed by atoms with Crippen molar-refractivity contribution in [2.75, 3.05) is 32.7 Å². The quantitative estimate of drug-likeness (QED) is 0.246. The second-order valence-electron chi connectivity index (χ2n) is 8.92. The molecule has 1 aliphatic heterocycles. The Hall–Kier alpha value is -2.40. The molecule has 194 valence electrons. The molecule has 0 saturated carbocycles. The molecule has 0 bridgehead atoms. The second-order valence-corrected chi connectivity index (χ2v) is 10.9. The van der Waals surface area contributed by atoms with E-state index in [4.69, 9.17) is 0 Å². The fraction of sp³-hybridized carbons (Fsp3) is 0.560. The fourth-order valence-electron chi connectivity index (χ4n) is 4.20. The molecule has 0 fully saturated rings. The van der Waals surface area contributed by atoms with Gasteiger partial charge in [0.15, 0.2) is 0 Å². The molecule has 2 aromatic rings. The van der Waals surface area contributed by atoms with Crippen molar-refractivity contribution in [1.82, 2.24) is 35.1 Å². The minimum atomic E-state index is -3.69. The number of aromatic amines is 1. The molecule has 0 saturated heterocycles. The van der Waals surface area contributed by atoms with Gasteiger partial charge in [-0.1, -0.05) is 26.0 Å². The van der Waals surface area contributed by atoms with Gasteiger partial charge < -0.3 is 25.8 Å². The first kappa shape index (κ1) is 27.2. The van der Waals surface area contributed by atoms with E-state index in [-0.39, 0.29) is 24.2 Å². The SMILES string of the molecule is CCCN(CCC)CCCCNCc1ccc(S(=O)(=O)N(Cc2ncc[nH]2)CC2NC=CN2)cc1. The number of H-pyrrole nitrogens is 1. The van der Waals surface area contributed by atoms with E-state index >= 15 is 0 Å². The van der Waals surface area contributed by atoms with E-state index in [1.807, 2.05) is 12.1 Å². The summed E-state index contributed by atoms with van der Waals surface area (Å²) >= 11 is 0. The predicted octanol–water partition coefficient (Wildman–Crippen LogP) is 2.58. The molecule has 1 aliphatic rings. The largest absolute Gasteiger partial charge is 0.369 e. The van der Waals surface area contributed by atoms with Gasteiger partial charge in [0, 0.05) is 31.3 Å². The summed E-state index contributed by atoms with van der Waals surface area (Å²) in [5, 5.41) is 9.72. The monoisotopic (exact) mass is 503 g/mol. The van der Waals surface area contributed by atoms with Crippen LogP contribution in [-0.2, 0) is 23.1 Å². The van der Waals surface area contributed by atoms with E-state index in [1.165, 1.54) is 36.7 Å². The lowest BCUT2D eigenvalue weighted by Crippen LogP contribution is -2.45. The molecular formula is C25H41N7O2S. The standard InChI is InChI=1S/C25H41N7O2S/c1-3-16-31(17-4-2)18-6-5-11-26-19-22-7-9-23(10-8-22)35(33,34)32(20-24-27-12-13-28-24)21-25-29-14-15-30-25/h7-10,12-15,24,26-28H,3-6,11,16-21H2,1-2H3,(H,29,30). The van der Waals surface area contributed by atoms with Gasteiger partial charge in [-0.25, -0.2) is 13.4 Å². The first-order chi connectivity index (χ1) is 17.0. The van der Waals surface area contributed by atoms with E-state index in [2.05, 4.69) is 44.7 Å². The molecule has 0 atom stereocenters. The number of sulfonamides is 1. The third-order valence-corrected chi connectivity index (χ3v) is 7.82. The van der Waals surface area contributed by atoms with Crippen molar-refractivity contribution >= 4 is 10.0 Å². The average Bonchev–Trinajstić information content (AvgIpc) is 3.56. The number of nitrogens with one attached hydrogen (secondary N) is 4. The molecule has 1 aromatic carbocycles. The predicted molar refractivity (Wildman–Crippen MR) is 140 cm³/mol. The maximum atomic E-state index is 13.4. The summed E-state index contributed by atoms with van der Waals surface area (Å²) in [7, 11) is -3.69. The number of nitrogens with zero attached hydrogens (tertiary/aromatic N) is 3. The number of benzene rings is 1. The number of imidazole rings is 1. The maximum Gasteiger partial charge on any atom is 0.243 e. The Balaban J connectivity index is 1.50. The highest BCUT2D eigenvalue weighted by Gasteiger charge is 2.28. The van der Waals surface area contributed by atoms with Crippen LogP contribution < -0.4 is 16.0 Å². The number of aromatic nitrogens is 2. The molecule has 3 rings (SSSR count). The van der Waals surface area contributed by atoms with Gasteiger partial charge in [0.2, 0.25) is 10.0 Å². The maximum absolute atomic E-state index is 13.4. The average molecular weight is 504 g/mol. The molecule has 0 spiro atoms. The van der Waals surface area contributed by atoms with Gasteiger partial charge in [0.05, 0.1) is 18.0 Å². The van der Waals surface area contributed by atoms with Crippen LogP contribution in [0, 0.1) is 0 Å². The van der Waals surface area contributed by atoms with Gasteiger partial charge in [-0.15, -0.1) is 0 Å². The third-order valence-electron chi connectivity index (χ3n) is 5.99. The van der Waals surface area contributed by atoms with Gasteiger partial charge in [0.1, 0.15) is 12.0 Å². The van der Waals surface area contributed by atoms with Crippen molar-refractivity contribution in [1.29, 1.82) is 0 Å². The number of hydrogen-bond acceptors (Lipinski definition) is 7. The molecule has 0 amide bonds. The summed E-state index contributed by atoms with van der Waals surface area (Å²) in [6, 6.07) is 7.18. The Kier molecular flexibility index (Phi) is 11.1. The van der Waals surface area contributed by atoms with E-state index in [0.717, 1.165) is 31.6 Å². The molecule has 9 nitrogen and oxygen atoms in total. The van der Waals surface area contributed by atoms with E-state index in [9.17, 15) is 8.42 Å². The molecule has 0 aliphatic carbocycles. The lowest BCUT2D eigenvalue weighted by Gasteiger charge is -2.25. The van der Waals surface area contributed by atoms with Gasteiger partial charge in [-0.2, -0.15) is 4.31 Å². The van der Waals surface area contributed by atoms with Crippen LogP contribution in [0.1, 0.15) is 50.9 Å². The molecule has 0 radical (unpaired) electrons. The normalized spacial score (nSPS) is 14.1. The van der Waals surface area contributed by atoms with Crippen LogP contribution in [0.2, 0.25) is 0 Å². The smallest absolute Gasteiger partial charge is 0.243 e. The first-order valence-electron chi connectivity index (χ1n) is 12.7. The Labute approximate surface area is 210 Å². The van der Waals surface area contributed by atoms with Gasteiger partial charge in [-0.3, -0.25) is 0 Å². The molecular weight excluding hydrogens is 462 g/mol. The van der Waals surface area contributed by atoms with Crippen molar-refractivity contribution in [2.24, 2.45) is 0 Å². The summed E-state index contributed by atoms with van der Waals surface area (Å²) in [5.74, 6) is 0.605. The van der Waals surface area contributed by atoms with Crippen molar-refractivity contribution in [3.8, 4) is 0 Å². The Morgan fingerprint density at radius 3 is 2.34 bits per heavy atom. The molecule has 0 unspecified atom stereocenters. The Morgan fingerprint density at radius 1 is 1.00 bits per heavy atom. The number of hydrogen-bond donors (Lipinski definition) is 4. The zero-order chi connectivity index (χ0) is 24.9. The van der Waals surface area contributed by atoms with Crippen LogP contribution in [0.3, 0.4) is 0 Å². The van der Waals surface area contributed by atoms with Crippen molar-refractivity contribution in [3.05, 3.63) is 60.4 Å². The van der Waals surface area contributed by atoms with Crippen molar-refractivity contribution in [3.63, 3.8) is 0 Å². The highest BCUT2D eigenvalue weighted by molar-refractivity contribution is 7.89. The van der Waals surface area contributed by atoms with Gasteiger partial charge >= 0.3 is 0 Å². The van der Waals surface area contributed by atoms with Crippen LogP contribution in [0.4, 0.5) is 0 Å². The van der Waals surface area contributed by atoms with Crippen molar-refractivity contribution < 1.29 is 8.42 Å². The van der Waals surface area contributed by atoms with Crippen LogP contribution in [-0.4, -0.2) is 66.5 Å². The second kappa shape index (κ2) is 14.2. The summed E-state index contributed by atoms with van der Waals surface area (Å²) < 4.78 is 28.3. The molecule has 10 heteroatoms. The lowest BCUT2D eigenvalue weighted by atomic mass is 10.2.